The smallest absolute Gasteiger partial charge is 0.377 e. The molecule has 128 valence electrons. The van der Waals surface area contributed by atoms with Crippen molar-refractivity contribution in [3.63, 3.8) is 0 Å². The van der Waals surface area contributed by atoms with Crippen LogP contribution in [0, 0.1) is 0 Å². The molecule has 0 amide bonds. The Morgan fingerprint density at radius 3 is 2.17 bits per heavy atom. The Morgan fingerprint density at radius 1 is 1.00 bits per heavy atom. The molecule has 6 nitrogen and oxygen atoms in total. The second kappa shape index (κ2) is 7.08. The fourth-order valence-corrected chi connectivity index (χ4v) is 4.22. The highest BCUT2D eigenvalue weighted by atomic mass is 28.4. The van der Waals surface area contributed by atoms with E-state index in [-0.39, 0.29) is 5.41 Å². The van der Waals surface area contributed by atoms with Gasteiger partial charge >= 0.3 is 8.80 Å². The van der Waals surface area contributed by atoms with Crippen LogP contribution in [-0.2, 0) is 25.2 Å². The molecule has 0 fully saturated rings. The average Bonchev–Trinajstić information content (AvgIpc) is 2.93. The summed E-state index contributed by atoms with van der Waals surface area (Å²) in [6.45, 7) is 7.31. The van der Waals surface area contributed by atoms with Gasteiger partial charge in [-0.25, -0.2) is 0 Å². The zero-order valence-corrected chi connectivity index (χ0v) is 15.9. The van der Waals surface area contributed by atoms with Gasteiger partial charge in [0.05, 0.1) is 6.54 Å². The van der Waals surface area contributed by atoms with Crippen molar-refractivity contribution >= 4 is 19.8 Å². The van der Waals surface area contributed by atoms with Gasteiger partial charge in [0.1, 0.15) is 11.0 Å². The summed E-state index contributed by atoms with van der Waals surface area (Å²) >= 11 is 0. The van der Waals surface area contributed by atoms with E-state index in [2.05, 4.69) is 43.1 Å². The highest BCUT2D eigenvalue weighted by molar-refractivity contribution is 6.60. The lowest BCUT2D eigenvalue weighted by atomic mass is 9.87. The molecule has 0 radical (unpaired) electrons. The second-order valence-electron chi connectivity index (χ2n) is 6.65. The van der Waals surface area contributed by atoms with Gasteiger partial charge in [-0.1, -0.05) is 26.8 Å². The standard InChI is InChI=1S/C16H27N3O3Si/c1-16(2,3)13-8-9-14-15(12-13)18-19(17-14)10-7-11-23(20-4,21-5)22-6/h8-9,12H,7,10-11H2,1-6H3. The number of benzene rings is 1. The number of fused-ring (bicyclic) bond motifs is 1. The number of hydrogen-bond donors (Lipinski definition) is 0. The first-order valence-electron chi connectivity index (χ1n) is 7.84. The maximum absolute atomic E-state index is 5.43. The Morgan fingerprint density at radius 2 is 1.61 bits per heavy atom. The van der Waals surface area contributed by atoms with Crippen molar-refractivity contribution in [3.8, 4) is 0 Å². The van der Waals surface area contributed by atoms with Crippen molar-refractivity contribution in [1.82, 2.24) is 15.0 Å². The van der Waals surface area contributed by atoms with E-state index in [0.29, 0.717) is 6.54 Å². The molecule has 1 aromatic heterocycles. The Hall–Kier alpha value is -1.28. The Balaban J connectivity index is 2.07. The van der Waals surface area contributed by atoms with E-state index >= 15 is 0 Å². The molecule has 7 heteroatoms. The summed E-state index contributed by atoms with van der Waals surface area (Å²) in [7, 11) is 2.38. The minimum absolute atomic E-state index is 0.110. The van der Waals surface area contributed by atoms with Crippen molar-refractivity contribution in [2.75, 3.05) is 21.3 Å². The fraction of sp³-hybridized carbons (Fsp3) is 0.625. The van der Waals surface area contributed by atoms with Gasteiger partial charge in [-0.2, -0.15) is 15.0 Å². The summed E-state index contributed by atoms with van der Waals surface area (Å²) in [6, 6.07) is 7.02. The predicted molar refractivity (Wildman–Crippen MR) is 92.4 cm³/mol. The van der Waals surface area contributed by atoms with Crippen molar-refractivity contribution in [1.29, 1.82) is 0 Å². The molecule has 0 aliphatic heterocycles. The summed E-state index contributed by atoms with van der Waals surface area (Å²) in [5.41, 5.74) is 3.23. The Kier molecular flexibility index (Phi) is 5.56. The van der Waals surface area contributed by atoms with Crippen LogP contribution in [0.2, 0.25) is 6.04 Å². The van der Waals surface area contributed by atoms with Crippen LogP contribution in [0.4, 0.5) is 0 Å². The first-order chi connectivity index (χ1) is 10.8. The largest absolute Gasteiger partial charge is 0.500 e. The lowest BCUT2D eigenvalue weighted by molar-refractivity contribution is 0.122. The quantitative estimate of drug-likeness (QED) is 0.727. The SMILES string of the molecule is CO[Si](CCCn1nc2ccc(C(C)(C)C)cc2n1)(OC)OC. The molecule has 0 saturated heterocycles. The van der Waals surface area contributed by atoms with Gasteiger partial charge in [0.25, 0.3) is 0 Å². The van der Waals surface area contributed by atoms with E-state index in [0.717, 1.165) is 23.5 Å². The third-order valence-corrected chi connectivity index (χ3v) is 6.89. The molecule has 0 atom stereocenters. The van der Waals surface area contributed by atoms with E-state index in [1.165, 1.54) is 5.56 Å². The zero-order valence-electron chi connectivity index (χ0n) is 14.9. The fourth-order valence-electron chi connectivity index (χ4n) is 2.52. The third-order valence-electron chi connectivity index (χ3n) is 4.06. The van der Waals surface area contributed by atoms with Crippen LogP contribution in [0.1, 0.15) is 32.8 Å². The molecule has 0 aliphatic rings. The van der Waals surface area contributed by atoms with Crippen molar-refractivity contribution in [2.24, 2.45) is 0 Å². The summed E-state index contributed by atoms with van der Waals surface area (Å²) in [5, 5.41) is 9.11. The minimum Gasteiger partial charge on any atom is -0.377 e. The predicted octanol–water partition coefficient (Wildman–Crippen LogP) is 3.00. The summed E-state index contributed by atoms with van der Waals surface area (Å²) in [4.78, 5) is 1.75. The molecule has 0 saturated carbocycles. The molecule has 2 rings (SSSR count). The topological polar surface area (TPSA) is 58.4 Å². The molecule has 1 heterocycles. The first kappa shape index (κ1) is 18.1. The number of aryl methyl sites for hydroxylation is 1. The van der Waals surface area contributed by atoms with E-state index < -0.39 is 8.80 Å². The van der Waals surface area contributed by atoms with Gasteiger partial charge in [-0.3, -0.25) is 0 Å². The Bertz CT molecular complexity index is 639. The van der Waals surface area contributed by atoms with Crippen molar-refractivity contribution in [2.45, 2.75) is 45.2 Å². The highest BCUT2D eigenvalue weighted by Crippen LogP contribution is 2.24. The molecule has 0 unspecified atom stereocenters. The van der Waals surface area contributed by atoms with E-state index in [1.54, 1.807) is 26.1 Å². The van der Waals surface area contributed by atoms with Crippen molar-refractivity contribution in [3.05, 3.63) is 23.8 Å². The third kappa shape index (κ3) is 4.17. The molecule has 2 aromatic rings. The van der Waals surface area contributed by atoms with Gasteiger partial charge in [0.15, 0.2) is 0 Å². The monoisotopic (exact) mass is 337 g/mol. The molecular weight excluding hydrogens is 310 g/mol. The van der Waals surface area contributed by atoms with Gasteiger partial charge in [0, 0.05) is 27.4 Å². The molecular formula is C16H27N3O3Si. The number of nitrogens with zero attached hydrogens (tertiary/aromatic N) is 3. The van der Waals surface area contributed by atoms with Gasteiger partial charge in [-0.05, 0) is 29.5 Å². The Labute approximate surface area is 139 Å². The molecule has 23 heavy (non-hydrogen) atoms. The van der Waals surface area contributed by atoms with Gasteiger partial charge in [0.2, 0.25) is 0 Å². The maximum atomic E-state index is 5.43. The molecule has 0 aliphatic carbocycles. The summed E-state index contributed by atoms with van der Waals surface area (Å²) < 4.78 is 16.3. The second-order valence-corrected chi connectivity index (χ2v) is 9.74. The molecule has 0 N–H and O–H groups in total. The zero-order chi connectivity index (χ0) is 17.1. The lowest BCUT2D eigenvalue weighted by Crippen LogP contribution is -2.42. The number of rotatable bonds is 7. The lowest BCUT2D eigenvalue weighted by Gasteiger charge is -2.23. The van der Waals surface area contributed by atoms with Crippen LogP contribution in [0.15, 0.2) is 18.2 Å². The van der Waals surface area contributed by atoms with Crippen LogP contribution in [0.3, 0.4) is 0 Å². The average molecular weight is 337 g/mol. The summed E-state index contributed by atoms with van der Waals surface area (Å²) in [6.07, 6.45) is 0.842. The van der Waals surface area contributed by atoms with Gasteiger partial charge in [-0.15, -0.1) is 0 Å². The highest BCUT2D eigenvalue weighted by Gasteiger charge is 2.36. The molecule has 0 bridgehead atoms. The normalized spacial score (nSPS) is 13.0. The van der Waals surface area contributed by atoms with Crippen molar-refractivity contribution < 1.29 is 13.3 Å². The van der Waals surface area contributed by atoms with Crippen LogP contribution in [0.25, 0.3) is 11.0 Å². The van der Waals surface area contributed by atoms with E-state index in [1.807, 2.05) is 6.07 Å². The first-order valence-corrected chi connectivity index (χ1v) is 9.77. The maximum Gasteiger partial charge on any atom is 0.500 e. The number of aromatic nitrogens is 3. The van der Waals surface area contributed by atoms with Crippen LogP contribution in [0.5, 0.6) is 0 Å². The van der Waals surface area contributed by atoms with Crippen LogP contribution in [-0.4, -0.2) is 45.1 Å². The van der Waals surface area contributed by atoms with E-state index in [4.69, 9.17) is 13.3 Å². The van der Waals surface area contributed by atoms with Crippen LogP contribution < -0.4 is 0 Å². The molecule has 0 spiro atoms. The van der Waals surface area contributed by atoms with Gasteiger partial charge < -0.3 is 13.3 Å². The van der Waals surface area contributed by atoms with Crippen LogP contribution >= 0.6 is 0 Å². The minimum atomic E-state index is -2.51. The number of hydrogen-bond acceptors (Lipinski definition) is 5. The summed E-state index contributed by atoms with van der Waals surface area (Å²) in [5.74, 6) is 0. The van der Waals surface area contributed by atoms with E-state index in [9.17, 15) is 0 Å². The molecule has 1 aromatic carbocycles.